The molecule has 1 atom stereocenters. The molecule has 2 N–H and O–H groups in total. The minimum absolute atomic E-state index is 0.0875. The van der Waals surface area contributed by atoms with Crippen molar-refractivity contribution in [2.24, 2.45) is 0 Å². The highest BCUT2D eigenvalue weighted by Gasteiger charge is 2.21. The smallest absolute Gasteiger partial charge is 0.457 e. The fourth-order valence-corrected chi connectivity index (χ4v) is 8.81. The molecule has 0 aromatic rings. The summed E-state index contributed by atoms with van der Waals surface area (Å²) in [5.41, 5.74) is 0. The lowest BCUT2D eigenvalue weighted by Gasteiger charge is -2.18. The van der Waals surface area contributed by atoms with Gasteiger partial charge in [0.1, 0.15) is 6.10 Å². The summed E-state index contributed by atoms with van der Waals surface area (Å²) in [5, 5.41) is 0. The van der Waals surface area contributed by atoms with Gasteiger partial charge < -0.3 is 19.3 Å². The molecule has 0 aromatic carbocycles. The topological polar surface area (TPSA) is 102 Å². The predicted octanol–water partition coefficient (Wildman–Crippen LogP) is 17.6. The average molecular weight is 873 g/mol. The van der Waals surface area contributed by atoms with Gasteiger partial charge in [0.15, 0.2) is 0 Å². The number of phosphoric acid groups is 1. The summed E-state index contributed by atoms with van der Waals surface area (Å²) in [4.78, 5) is 30.8. The molecule has 0 aliphatic carbocycles. The third kappa shape index (κ3) is 51.9. The molecule has 0 heterocycles. The molecule has 0 aromatic heterocycles. The molecular formula is C52H105O7P. The summed E-state index contributed by atoms with van der Waals surface area (Å²) >= 11 is 0. The Hall–Kier alpha value is -0.460. The fraction of sp³-hybridized carbons (Fsp3) is 0.981. The van der Waals surface area contributed by atoms with Gasteiger partial charge in [-0.25, -0.2) is 4.57 Å². The number of rotatable bonds is 52. The molecule has 0 saturated carbocycles. The second-order valence-electron chi connectivity index (χ2n) is 18.6. The first-order valence-corrected chi connectivity index (χ1v) is 28.4. The van der Waals surface area contributed by atoms with Crippen molar-refractivity contribution in [3.8, 4) is 0 Å². The van der Waals surface area contributed by atoms with Crippen LogP contribution in [-0.4, -0.2) is 41.7 Å². The van der Waals surface area contributed by atoms with Gasteiger partial charge in [-0.1, -0.05) is 284 Å². The van der Waals surface area contributed by atoms with Gasteiger partial charge in [-0.15, -0.1) is 0 Å². The monoisotopic (exact) mass is 873 g/mol. The molecule has 0 fully saturated rings. The maximum Gasteiger partial charge on any atom is 0.469 e. The van der Waals surface area contributed by atoms with Crippen LogP contribution in [0.4, 0.5) is 0 Å². The number of ether oxygens (including phenoxy) is 2. The lowest BCUT2D eigenvalue weighted by Crippen LogP contribution is -2.28. The van der Waals surface area contributed by atoms with Gasteiger partial charge in [-0.05, 0) is 12.8 Å². The molecule has 0 amide bonds. The first-order chi connectivity index (χ1) is 29.4. The molecule has 7 nitrogen and oxygen atoms in total. The molecule has 0 bridgehead atoms. The van der Waals surface area contributed by atoms with Gasteiger partial charge in [0.25, 0.3) is 0 Å². The molecular weight excluding hydrogens is 768 g/mol. The van der Waals surface area contributed by atoms with E-state index in [9.17, 15) is 9.36 Å². The van der Waals surface area contributed by atoms with Crippen LogP contribution >= 0.6 is 7.82 Å². The van der Waals surface area contributed by atoms with E-state index in [1.807, 2.05) is 0 Å². The molecule has 0 saturated heterocycles. The number of carbonyl (C=O) groups excluding carboxylic acids is 1. The number of carbonyl (C=O) groups is 1. The number of phosphoric ester groups is 1. The molecule has 0 aliphatic heterocycles. The Balaban J connectivity index is 3.61. The maximum atomic E-state index is 12.5. The van der Waals surface area contributed by atoms with E-state index in [1.165, 1.54) is 250 Å². The van der Waals surface area contributed by atoms with E-state index in [4.69, 9.17) is 19.3 Å². The van der Waals surface area contributed by atoms with Crippen molar-refractivity contribution < 1.29 is 33.1 Å². The van der Waals surface area contributed by atoms with E-state index in [0.29, 0.717) is 13.0 Å². The summed E-state index contributed by atoms with van der Waals surface area (Å²) in [7, 11) is -4.65. The van der Waals surface area contributed by atoms with E-state index in [1.54, 1.807) is 0 Å². The Morgan fingerprint density at radius 1 is 0.383 bits per heavy atom. The standard InChI is InChI=1S/C52H105O7P/c1-3-5-7-9-11-13-15-17-19-21-23-24-25-26-27-28-29-30-31-33-35-37-39-41-43-45-47-52(53)59-51(50-58-60(54,55)56)49-57-48-46-44-42-40-38-36-34-32-22-20-18-16-14-12-10-8-6-4-2/h51H,3-50H2,1-2H3,(H2,54,55,56)/t51-/m1/s1. The molecule has 0 rings (SSSR count). The number of esters is 1. The third-order valence-electron chi connectivity index (χ3n) is 12.4. The molecule has 0 radical (unpaired) electrons. The molecule has 60 heavy (non-hydrogen) atoms. The zero-order valence-corrected chi connectivity index (χ0v) is 41.3. The molecule has 8 heteroatoms. The van der Waals surface area contributed by atoms with Crippen LogP contribution < -0.4 is 0 Å². The van der Waals surface area contributed by atoms with Crippen molar-refractivity contribution in [2.75, 3.05) is 19.8 Å². The van der Waals surface area contributed by atoms with Crippen LogP contribution in [0.25, 0.3) is 0 Å². The number of hydrogen-bond donors (Lipinski definition) is 2. The Morgan fingerprint density at radius 3 is 0.900 bits per heavy atom. The summed E-state index contributed by atoms with van der Waals surface area (Å²) in [6.07, 6.45) is 58.5. The highest BCUT2D eigenvalue weighted by molar-refractivity contribution is 7.46. The third-order valence-corrected chi connectivity index (χ3v) is 12.9. The molecule has 0 spiro atoms. The van der Waals surface area contributed by atoms with E-state index in [-0.39, 0.29) is 19.2 Å². The van der Waals surface area contributed by atoms with Gasteiger partial charge in [0.2, 0.25) is 0 Å². The van der Waals surface area contributed by atoms with Crippen molar-refractivity contribution in [3.05, 3.63) is 0 Å². The van der Waals surface area contributed by atoms with Gasteiger partial charge in [-0.2, -0.15) is 0 Å². The largest absolute Gasteiger partial charge is 0.469 e. The summed E-state index contributed by atoms with van der Waals surface area (Å²) in [6.45, 7) is 4.84. The van der Waals surface area contributed by atoms with E-state index < -0.39 is 13.9 Å². The number of unbranched alkanes of at least 4 members (excludes halogenated alkanes) is 42. The van der Waals surface area contributed by atoms with Crippen molar-refractivity contribution >= 4 is 13.8 Å². The van der Waals surface area contributed by atoms with Crippen LogP contribution in [0.15, 0.2) is 0 Å². The van der Waals surface area contributed by atoms with Gasteiger partial charge in [0.05, 0.1) is 13.2 Å². The van der Waals surface area contributed by atoms with Crippen molar-refractivity contribution in [1.29, 1.82) is 0 Å². The Labute approximate surface area is 374 Å². The van der Waals surface area contributed by atoms with E-state index in [2.05, 4.69) is 18.4 Å². The summed E-state index contributed by atoms with van der Waals surface area (Å²) in [6, 6.07) is 0. The maximum absolute atomic E-state index is 12.5. The van der Waals surface area contributed by atoms with Crippen LogP contribution in [-0.2, 0) is 23.4 Å². The van der Waals surface area contributed by atoms with Gasteiger partial charge in [0, 0.05) is 13.0 Å². The van der Waals surface area contributed by atoms with Crippen molar-refractivity contribution in [1.82, 2.24) is 0 Å². The van der Waals surface area contributed by atoms with Crippen LogP contribution in [0.1, 0.15) is 303 Å². The van der Waals surface area contributed by atoms with Gasteiger partial charge >= 0.3 is 13.8 Å². The predicted molar refractivity (Wildman–Crippen MR) is 258 cm³/mol. The zero-order valence-electron chi connectivity index (χ0n) is 40.4. The van der Waals surface area contributed by atoms with Crippen LogP contribution in [0.2, 0.25) is 0 Å². The van der Waals surface area contributed by atoms with Crippen LogP contribution in [0, 0.1) is 0 Å². The van der Waals surface area contributed by atoms with Crippen LogP contribution in [0.3, 0.4) is 0 Å². The van der Waals surface area contributed by atoms with Crippen molar-refractivity contribution in [3.63, 3.8) is 0 Å². The highest BCUT2D eigenvalue weighted by Crippen LogP contribution is 2.36. The molecule has 0 unspecified atom stereocenters. The van der Waals surface area contributed by atoms with Crippen LogP contribution in [0.5, 0.6) is 0 Å². The minimum atomic E-state index is -4.65. The minimum Gasteiger partial charge on any atom is -0.457 e. The first-order valence-electron chi connectivity index (χ1n) is 26.9. The first kappa shape index (κ1) is 59.5. The Morgan fingerprint density at radius 2 is 0.633 bits per heavy atom. The lowest BCUT2D eigenvalue weighted by molar-refractivity contribution is -0.154. The van der Waals surface area contributed by atoms with E-state index >= 15 is 0 Å². The number of hydrogen-bond acceptors (Lipinski definition) is 5. The molecule has 0 aliphatic rings. The summed E-state index contributed by atoms with van der Waals surface area (Å²) < 4.78 is 27.2. The van der Waals surface area contributed by atoms with Gasteiger partial charge in [-0.3, -0.25) is 9.32 Å². The highest BCUT2D eigenvalue weighted by atomic mass is 31.2. The fourth-order valence-electron chi connectivity index (χ4n) is 8.45. The zero-order chi connectivity index (χ0) is 43.7. The average Bonchev–Trinajstić information content (AvgIpc) is 3.23. The second kappa shape index (κ2) is 49.6. The molecule has 360 valence electrons. The Kier molecular flexibility index (Phi) is 49.2. The Bertz CT molecular complexity index is 880. The summed E-state index contributed by atoms with van der Waals surface area (Å²) in [5.74, 6) is -0.351. The SMILES string of the molecule is CCCCCCCCCCCCCCCCCCCCCCCCCCCCC(=O)O[C@H](COCCCCCCCCCCCCCCCCCCCC)COP(=O)(O)O. The van der Waals surface area contributed by atoms with E-state index in [0.717, 1.165) is 32.1 Å². The second-order valence-corrected chi connectivity index (χ2v) is 19.8. The van der Waals surface area contributed by atoms with Crippen molar-refractivity contribution in [2.45, 2.75) is 309 Å². The lowest BCUT2D eigenvalue weighted by atomic mass is 10.0. The quantitative estimate of drug-likeness (QED) is 0.0356. The normalized spacial score (nSPS) is 12.4.